The van der Waals surface area contributed by atoms with Gasteiger partial charge in [0.25, 0.3) is 0 Å². The van der Waals surface area contributed by atoms with Gasteiger partial charge in [-0.25, -0.2) is 0 Å². The third-order valence-corrected chi connectivity index (χ3v) is 3.45. The van der Waals surface area contributed by atoms with Crippen molar-refractivity contribution in [3.63, 3.8) is 0 Å². The second-order valence-corrected chi connectivity index (χ2v) is 5.25. The van der Waals surface area contributed by atoms with Gasteiger partial charge in [-0.3, -0.25) is 5.43 Å². The molecule has 0 spiro atoms. The first-order valence-electron chi connectivity index (χ1n) is 7.57. The van der Waals surface area contributed by atoms with Gasteiger partial charge < -0.3 is 4.74 Å². The number of rotatable bonds is 5. The van der Waals surface area contributed by atoms with Crippen molar-refractivity contribution in [1.29, 1.82) is 10.5 Å². The molecular weight excluding hydrogens is 300 g/mol. The van der Waals surface area contributed by atoms with Crippen LogP contribution in [0.4, 0.5) is 5.69 Å². The fraction of sp³-hybridized carbons (Fsp3) is 0.211. The second kappa shape index (κ2) is 7.80. The van der Waals surface area contributed by atoms with Crippen LogP contribution in [0.25, 0.3) is 11.1 Å². The summed E-state index contributed by atoms with van der Waals surface area (Å²) in [5.41, 5.74) is 7.48. The predicted octanol–water partition coefficient (Wildman–Crippen LogP) is 4.18. The lowest BCUT2D eigenvalue weighted by Crippen LogP contribution is -1.98. The van der Waals surface area contributed by atoms with Crippen LogP contribution in [0.3, 0.4) is 0 Å². The molecule has 0 unspecified atom stereocenters. The molecular formula is C19H18N4O. The van der Waals surface area contributed by atoms with Gasteiger partial charge in [0.05, 0.1) is 12.3 Å². The molecule has 0 aliphatic carbocycles. The van der Waals surface area contributed by atoms with E-state index in [9.17, 15) is 0 Å². The molecule has 2 aromatic carbocycles. The summed E-state index contributed by atoms with van der Waals surface area (Å²) in [7, 11) is 0. The fourth-order valence-corrected chi connectivity index (χ4v) is 2.45. The van der Waals surface area contributed by atoms with Crippen molar-refractivity contribution in [2.75, 3.05) is 12.0 Å². The van der Waals surface area contributed by atoms with Crippen LogP contribution in [-0.2, 0) is 0 Å². The number of hydrogen-bond acceptors (Lipinski definition) is 5. The van der Waals surface area contributed by atoms with Crippen LogP contribution in [0.5, 0.6) is 5.75 Å². The van der Waals surface area contributed by atoms with Crippen LogP contribution in [0.2, 0.25) is 0 Å². The summed E-state index contributed by atoms with van der Waals surface area (Å²) in [4.78, 5) is 0. The predicted molar refractivity (Wildman–Crippen MR) is 94.8 cm³/mol. The van der Waals surface area contributed by atoms with Crippen LogP contribution in [-0.4, -0.2) is 12.3 Å². The highest BCUT2D eigenvalue weighted by Gasteiger charge is 2.08. The molecule has 0 aromatic heterocycles. The molecule has 0 atom stereocenters. The molecule has 1 N–H and O–H groups in total. The van der Waals surface area contributed by atoms with E-state index in [1.54, 1.807) is 12.1 Å². The SMILES string of the molecule is CCOc1c(C)cc(-c2cccc(NN=C(C#N)C#N)c2)cc1C. The molecule has 120 valence electrons. The summed E-state index contributed by atoms with van der Waals surface area (Å²) in [5, 5.41) is 21.2. The molecule has 0 aliphatic heterocycles. The number of ether oxygens (including phenoxy) is 1. The largest absolute Gasteiger partial charge is 0.493 e. The number of anilines is 1. The number of hydrazone groups is 1. The zero-order chi connectivity index (χ0) is 17.5. The Balaban J connectivity index is 2.34. The van der Waals surface area contributed by atoms with E-state index < -0.39 is 0 Å². The molecule has 0 amide bonds. The van der Waals surface area contributed by atoms with E-state index in [2.05, 4.69) is 22.7 Å². The lowest BCUT2D eigenvalue weighted by molar-refractivity contribution is 0.335. The van der Waals surface area contributed by atoms with Gasteiger partial charge in [0.15, 0.2) is 0 Å². The molecule has 0 aliphatic rings. The monoisotopic (exact) mass is 318 g/mol. The molecule has 0 heterocycles. The molecule has 2 rings (SSSR count). The first-order chi connectivity index (χ1) is 11.6. The van der Waals surface area contributed by atoms with Crippen molar-refractivity contribution in [3.05, 3.63) is 47.5 Å². The summed E-state index contributed by atoms with van der Waals surface area (Å²) >= 11 is 0. The molecule has 0 bridgehead atoms. The van der Waals surface area contributed by atoms with E-state index in [1.807, 2.05) is 45.0 Å². The van der Waals surface area contributed by atoms with E-state index in [1.165, 1.54) is 0 Å². The van der Waals surface area contributed by atoms with Gasteiger partial charge in [-0.15, -0.1) is 0 Å². The summed E-state index contributed by atoms with van der Waals surface area (Å²) in [6, 6.07) is 15.2. The number of aryl methyl sites for hydroxylation is 2. The maximum Gasteiger partial charge on any atom is 0.237 e. The average Bonchev–Trinajstić information content (AvgIpc) is 2.59. The van der Waals surface area contributed by atoms with E-state index >= 15 is 0 Å². The molecule has 24 heavy (non-hydrogen) atoms. The Morgan fingerprint density at radius 3 is 2.33 bits per heavy atom. The van der Waals surface area contributed by atoms with Crippen LogP contribution < -0.4 is 10.2 Å². The Labute approximate surface area is 141 Å². The van der Waals surface area contributed by atoms with Crippen LogP contribution in [0.1, 0.15) is 18.1 Å². The highest BCUT2D eigenvalue weighted by atomic mass is 16.5. The number of nitrogens with one attached hydrogen (secondary N) is 1. The number of benzene rings is 2. The molecule has 5 nitrogen and oxygen atoms in total. The van der Waals surface area contributed by atoms with Crippen molar-refractivity contribution < 1.29 is 4.74 Å². The van der Waals surface area contributed by atoms with Gasteiger partial charge in [0.1, 0.15) is 17.9 Å². The van der Waals surface area contributed by atoms with Gasteiger partial charge in [0, 0.05) is 0 Å². The first-order valence-corrected chi connectivity index (χ1v) is 7.57. The minimum atomic E-state index is -0.215. The third kappa shape index (κ3) is 3.91. The topological polar surface area (TPSA) is 81.2 Å². The lowest BCUT2D eigenvalue weighted by atomic mass is 9.99. The minimum absolute atomic E-state index is 0.215. The molecule has 0 saturated carbocycles. The zero-order valence-corrected chi connectivity index (χ0v) is 13.9. The van der Waals surface area contributed by atoms with Gasteiger partial charge >= 0.3 is 0 Å². The summed E-state index contributed by atoms with van der Waals surface area (Å²) in [6.07, 6.45) is 0. The second-order valence-electron chi connectivity index (χ2n) is 5.25. The van der Waals surface area contributed by atoms with Crippen LogP contribution in [0, 0.1) is 36.5 Å². The smallest absolute Gasteiger partial charge is 0.237 e. The molecule has 0 radical (unpaired) electrons. The number of hydrogen-bond donors (Lipinski definition) is 1. The summed E-state index contributed by atoms with van der Waals surface area (Å²) in [5.74, 6) is 0.924. The van der Waals surface area contributed by atoms with E-state index in [0.29, 0.717) is 12.3 Å². The van der Waals surface area contributed by atoms with E-state index in [0.717, 1.165) is 28.0 Å². The Morgan fingerprint density at radius 1 is 1.08 bits per heavy atom. The standard InChI is InChI=1S/C19H18N4O/c1-4-24-19-13(2)8-16(9-14(19)3)15-6-5-7-17(10-15)22-23-18(11-20)12-21/h5-10,22H,4H2,1-3H3. The van der Waals surface area contributed by atoms with Gasteiger partial charge in [-0.2, -0.15) is 15.6 Å². The Hall–Kier alpha value is -3.31. The molecule has 5 heteroatoms. The first kappa shape index (κ1) is 17.1. The Bertz CT molecular complexity index is 817. The summed E-state index contributed by atoms with van der Waals surface area (Å²) in [6.45, 7) is 6.66. The van der Waals surface area contributed by atoms with Crippen molar-refractivity contribution in [1.82, 2.24) is 0 Å². The van der Waals surface area contributed by atoms with E-state index in [4.69, 9.17) is 15.3 Å². The van der Waals surface area contributed by atoms with E-state index in [-0.39, 0.29) is 5.71 Å². The zero-order valence-electron chi connectivity index (χ0n) is 13.9. The van der Waals surface area contributed by atoms with Crippen LogP contribution in [0.15, 0.2) is 41.5 Å². The number of nitrogens with zero attached hydrogens (tertiary/aromatic N) is 3. The third-order valence-electron chi connectivity index (χ3n) is 3.45. The maximum atomic E-state index is 8.71. The average molecular weight is 318 g/mol. The molecule has 0 fully saturated rings. The lowest BCUT2D eigenvalue weighted by Gasteiger charge is -2.13. The highest BCUT2D eigenvalue weighted by Crippen LogP contribution is 2.31. The van der Waals surface area contributed by atoms with Crippen molar-refractivity contribution in [2.24, 2.45) is 5.10 Å². The Kier molecular flexibility index (Phi) is 5.54. The molecule has 2 aromatic rings. The summed E-state index contributed by atoms with van der Waals surface area (Å²) < 4.78 is 5.68. The highest BCUT2D eigenvalue weighted by molar-refractivity contribution is 6.10. The maximum absolute atomic E-state index is 8.71. The normalized spacial score (nSPS) is 9.54. The quantitative estimate of drug-likeness (QED) is 0.662. The Morgan fingerprint density at radius 2 is 1.75 bits per heavy atom. The van der Waals surface area contributed by atoms with Gasteiger partial charge in [0.2, 0.25) is 5.71 Å². The van der Waals surface area contributed by atoms with Crippen molar-refractivity contribution >= 4 is 11.4 Å². The number of nitriles is 2. The van der Waals surface area contributed by atoms with Gasteiger partial charge in [-0.1, -0.05) is 12.1 Å². The van der Waals surface area contributed by atoms with Crippen molar-refractivity contribution in [2.45, 2.75) is 20.8 Å². The van der Waals surface area contributed by atoms with Crippen LogP contribution >= 0.6 is 0 Å². The molecule has 0 saturated heterocycles. The fourth-order valence-electron chi connectivity index (χ4n) is 2.45. The minimum Gasteiger partial charge on any atom is -0.493 e. The van der Waals surface area contributed by atoms with Gasteiger partial charge in [-0.05, 0) is 67.3 Å². The van der Waals surface area contributed by atoms with Crippen molar-refractivity contribution in [3.8, 4) is 29.0 Å².